The lowest BCUT2D eigenvalue weighted by Gasteiger charge is -2.09. The number of aromatic nitrogens is 1. The lowest BCUT2D eigenvalue weighted by molar-refractivity contribution is -0.143. The number of hydrogen-bond acceptors (Lipinski definition) is 1. The van der Waals surface area contributed by atoms with Crippen LogP contribution in [0.5, 0.6) is 5.75 Å². The van der Waals surface area contributed by atoms with Gasteiger partial charge >= 0.3 is 6.18 Å². The van der Waals surface area contributed by atoms with Crippen LogP contribution in [0.1, 0.15) is 5.69 Å². The minimum atomic E-state index is -4.41. The highest BCUT2D eigenvalue weighted by Gasteiger charge is 2.38. The van der Waals surface area contributed by atoms with E-state index in [9.17, 15) is 13.2 Å². The second-order valence-electron chi connectivity index (χ2n) is 3.58. The van der Waals surface area contributed by atoms with E-state index in [1.807, 2.05) is 0 Å². The molecule has 1 heterocycles. The minimum absolute atomic E-state index is 0.0430. The molecule has 0 saturated carbocycles. The number of para-hydroxylation sites is 1. The predicted molar refractivity (Wildman–Crippen MR) is 62.2 cm³/mol. The van der Waals surface area contributed by atoms with Gasteiger partial charge < -0.3 is 9.30 Å². The molecule has 2 aromatic rings. The van der Waals surface area contributed by atoms with Crippen LogP contribution < -0.4 is 4.74 Å². The smallest absolute Gasteiger partial charge is 0.432 e. The molecule has 1 aromatic carbocycles. The van der Waals surface area contributed by atoms with Crippen molar-refractivity contribution in [2.24, 2.45) is 7.05 Å². The SMILES string of the molecule is COc1cccc2c(Br)c(C(F)(F)F)n(C)c12. The standard InChI is InChI=1S/C11H9BrF3NO/c1-16-9-6(4-3-5-7(9)17-2)8(12)10(16)11(13,14)15/h3-5H,1-2H3. The zero-order valence-corrected chi connectivity index (χ0v) is 10.7. The van der Waals surface area contributed by atoms with E-state index in [2.05, 4.69) is 15.9 Å². The van der Waals surface area contributed by atoms with E-state index in [0.29, 0.717) is 16.7 Å². The number of rotatable bonds is 1. The molecule has 2 rings (SSSR count). The van der Waals surface area contributed by atoms with Gasteiger partial charge in [-0.2, -0.15) is 13.2 Å². The molecule has 0 aliphatic rings. The molecule has 0 saturated heterocycles. The van der Waals surface area contributed by atoms with Gasteiger partial charge in [-0.05, 0) is 22.0 Å². The van der Waals surface area contributed by atoms with Gasteiger partial charge in [0.25, 0.3) is 0 Å². The summed E-state index contributed by atoms with van der Waals surface area (Å²) in [4.78, 5) is 0. The Hall–Kier alpha value is -1.17. The van der Waals surface area contributed by atoms with Crippen LogP contribution in [0.2, 0.25) is 0 Å². The first kappa shape index (κ1) is 12.3. The Morgan fingerprint density at radius 1 is 1.29 bits per heavy atom. The van der Waals surface area contributed by atoms with Gasteiger partial charge in [-0.15, -0.1) is 0 Å². The molecule has 92 valence electrons. The number of ether oxygens (including phenoxy) is 1. The normalized spacial score (nSPS) is 12.1. The Labute approximate surface area is 104 Å². The van der Waals surface area contributed by atoms with E-state index in [-0.39, 0.29) is 4.47 Å². The number of halogens is 4. The van der Waals surface area contributed by atoms with Crippen LogP contribution >= 0.6 is 15.9 Å². The third kappa shape index (κ3) is 1.80. The Morgan fingerprint density at radius 3 is 2.47 bits per heavy atom. The van der Waals surface area contributed by atoms with Crippen molar-refractivity contribution in [1.82, 2.24) is 4.57 Å². The molecule has 6 heteroatoms. The first-order valence-electron chi connectivity index (χ1n) is 4.76. The summed E-state index contributed by atoms with van der Waals surface area (Å²) < 4.78 is 44.9. The molecule has 0 amide bonds. The summed E-state index contributed by atoms with van der Waals surface area (Å²) in [5, 5.41) is 0.485. The molecular weight excluding hydrogens is 299 g/mol. The number of benzene rings is 1. The van der Waals surface area contributed by atoms with Gasteiger partial charge in [-0.25, -0.2) is 0 Å². The number of alkyl halides is 3. The molecule has 0 N–H and O–H groups in total. The highest BCUT2D eigenvalue weighted by atomic mass is 79.9. The third-order valence-corrected chi connectivity index (χ3v) is 3.41. The second kappa shape index (κ2) is 3.94. The molecule has 0 unspecified atom stereocenters. The molecule has 0 spiro atoms. The van der Waals surface area contributed by atoms with Crippen LogP contribution in [0.4, 0.5) is 13.2 Å². The summed E-state index contributed by atoms with van der Waals surface area (Å²) in [6.45, 7) is 0. The topological polar surface area (TPSA) is 14.2 Å². The van der Waals surface area contributed by atoms with Crippen LogP contribution in [0.25, 0.3) is 10.9 Å². The third-order valence-electron chi connectivity index (χ3n) is 2.60. The molecule has 1 aromatic heterocycles. The zero-order valence-electron chi connectivity index (χ0n) is 9.10. The first-order chi connectivity index (χ1) is 7.88. The Morgan fingerprint density at radius 2 is 1.94 bits per heavy atom. The Balaban J connectivity index is 2.90. The van der Waals surface area contributed by atoms with Gasteiger partial charge in [0.15, 0.2) is 0 Å². The van der Waals surface area contributed by atoms with Crippen molar-refractivity contribution >= 4 is 26.8 Å². The van der Waals surface area contributed by atoms with Crippen LogP contribution in [-0.2, 0) is 13.2 Å². The first-order valence-corrected chi connectivity index (χ1v) is 5.55. The molecule has 2 nitrogen and oxygen atoms in total. The molecule has 0 atom stereocenters. The van der Waals surface area contributed by atoms with Crippen LogP contribution in [0, 0.1) is 0 Å². The predicted octanol–water partition coefficient (Wildman–Crippen LogP) is 3.97. The van der Waals surface area contributed by atoms with Gasteiger partial charge in [0.1, 0.15) is 11.4 Å². The van der Waals surface area contributed by atoms with Crippen molar-refractivity contribution < 1.29 is 17.9 Å². The van der Waals surface area contributed by atoms with E-state index < -0.39 is 11.9 Å². The monoisotopic (exact) mass is 307 g/mol. The maximum absolute atomic E-state index is 12.9. The fraction of sp³-hybridized carbons (Fsp3) is 0.273. The highest BCUT2D eigenvalue weighted by molar-refractivity contribution is 9.10. The summed E-state index contributed by atoms with van der Waals surface area (Å²) >= 11 is 3.01. The van der Waals surface area contributed by atoms with Crippen molar-refractivity contribution in [3.8, 4) is 5.75 Å². The fourth-order valence-corrected chi connectivity index (χ4v) is 2.72. The molecule has 0 bridgehead atoms. The van der Waals surface area contributed by atoms with Gasteiger partial charge in [0.05, 0.1) is 17.1 Å². The molecule has 0 radical (unpaired) electrons. The number of nitrogens with zero attached hydrogens (tertiary/aromatic N) is 1. The van der Waals surface area contributed by atoms with Crippen molar-refractivity contribution in [2.75, 3.05) is 7.11 Å². The fourth-order valence-electron chi connectivity index (χ4n) is 1.91. The maximum atomic E-state index is 12.9. The van der Waals surface area contributed by atoms with Crippen molar-refractivity contribution in [2.45, 2.75) is 6.18 Å². The number of fused-ring (bicyclic) bond motifs is 1. The van der Waals surface area contributed by atoms with E-state index in [1.165, 1.54) is 14.2 Å². The minimum Gasteiger partial charge on any atom is -0.495 e. The summed E-state index contributed by atoms with van der Waals surface area (Å²) in [6, 6.07) is 4.91. The van der Waals surface area contributed by atoms with Gasteiger partial charge in [0, 0.05) is 12.4 Å². The van der Waals surface area contributed by atoms with E-state index >= 15 is 0 Å². The number of aryl methyl sites for hydroxylation is 1. The summed E-state index contributed by atoms with van der Waals surface area (Å²) in [5.74, 6) is 0.418. The summed E-state index contributed by atoms with van der Waals surface area (Å²) in [7, 11) is 2.81. The summed E-state index contributed by atoms with van der Waals surface area (Å²) in [5.41, 5.74) is -0.286. The molecule has 17 heavy (non-hydrogen) atoms. The quantitative estimate of drug-likeness (QED) is 0.777. The number of methoxy groups -OCH3 is 1. The van der Waals surface area contributed by atoms with Crippen LogP contribution in [-0.4, -0.2) is 11.7 Å². The second-order valence-corrected chi connectivity index (χ2v) is 4.37. The van der Waals surface area contributed by atoms with Gasteiger partial charge in [-0.3, -0.25) is 0 Å². The van der Waals surface area contributed by atoms with Crippen molar-refractivity contribution in [3.63, 3.8) is 0 Å². The lowest BCUT2D eigenvalue weighted by atomic mass is 10.2. The average molecular weight is 308 g/mol. The average Bonchev–Trinajstić information content (AvgIpc) is 2.51. The van der Waals surface area contributed by atoms with E-state index in [1.54, 1.807) is 18.2 Å². The van der Waals surface area contributed by atoms with Crippen molar-refractivity contribution in [1.29, 1.82) is 0 Å². The maximum Gasteiger partial charge on any atom is 0.432 e. The molecule has 0 aliphatic carbocycles. The lowest BCUT2D eigenvalue weighted by Crippen LogP contribution is -2.11. The zero-order chi connectivity index (χ0) is 12.8. The summed E-state index contributed by atoms with van der Waals surface area (Å²) in [6.07, 6.45) is -4.41. The highest BCUT2D eigenvalue weighted by Crippen LogP contribution is 2.42. The molecular formula is C11H9BrF3NO. The number of hydrogen-bond donors (Lipinski definition) is 0. The Bertz CT molecular complexity index is 574. The Kier molecular flexibility index (Phi) is 2.85. The van der Waals surface area contributed by atoms with Crippen LogP contribution in [0.15, 0.2) is 22.7 Å². The van der Waals surface area contributed by atoms with Crippen molar-refractivity contribution in [3.05, 3.63) is 28.4 Å². The molecule has 0 fully saturated rings. The van der Waals surface area contributed by atoms with Gasteiger partial charge in [-0.1, -0.05) is 12.1 Å². The van der Waals surface area contributed by atoms with E-state index in [0.717, 1.165) is 4.57 Å². The largest absolute Gasteiger partial charge is 0.495 e. The van der Waals surface area contributed by atoms with Gasteiger partial charge in [0.2, 0.25) is 0 Å². The van der Waals surface area contributed by atoms with E-state index in [4.69, 9.17) is 4.74 Å². The molecule has 0 aliphatic heterocycles. The van der Waals surface area contributed by atoms with Crippen LogP contribution in [0.3, 0.4) is 0 Å².